The summed E-state index contributed by atoms with van der Waals surface area (Å²) in [6, 6.07) is 4.82. The third kappa shape index (κ3) is 8.14. The van der Waals surface area contributed by atoms with Gasteiger partial charge >= 0.3 is 0 Å². The summed E-state index contributed by atoms with van der Waals surface area (Å²) in [6.45, 7) is 12.2. The molecule has 0 bridgehead atoms. The number of carbonyl (C=O) groups excluding carboxylic acids is 3. The molecule has 0 saturated carbocycles. The van der Waals surface area contributed by atoms with Gasteiger partial charge in [-0.25, -0.2) is 0 Å². The van der Waals surface area contributed by atoms with Crippen molar-refractivity contribution in [2.45, 2.75) is 47.5 Å². The summed E-state index contributed by atoms with van der Waals surface area (Å²) in [5.74, 6) is -0.537. The highest BCUT2D eigenvalue weighted by Crippen LogP contribution is 2.22. The maximum atomic E-state index is 12.8. The van der Waals surface area contributed by atoms with Crippen LogP contribution in [0, 0.1) is 10.8 Å². The van der Waals surface area contributed by atoms with Gasteiger partial charge < -0.3 is 20.9 Å². The van der Waals surface area contributed by atoms with Crippen LogP contribution < -0.4 is 20.9 Å². The molecule has 0 aliphatic carbocycles. The Hall–Kier alpha value is -2.41. The minimum Gasteiger partial charge on any atom is -0.352 e. The van der Waals surface area contributed by atoms with Gasteiger partial charge in [-0.15, -0.1) is 0 Å². The molecule has 1 aromatic carbocycles. The van der Waals surface area contributed by atoms with Crippen molar-refractivity contribution in [2.75, 3.05) is 38.6 Å². The number of anilines is 1. The topological polar surface area (TPSA) is 90.5 Å². The SMILES string of the molecule is CCCC(C)(C)CNC(=O)c1cc(C(=O)NCC(C)(C)CNC)cc(N(C)C=O)c1. The Labute approximate surface area is 181 Å². The number of nitrogens with zero attached hydrogens (tertiary/aromatic N) is 1. The van der Waals surface area contributed by atoms with E-state index in [1.54, 1.807) is 25.2 Å². The van der Waals surface area contributed by atoms with E-state index in [2.05, 4.69) is 50.6 Å². The molecule has 0 saturated heterocycles. The van der Waals surface area contributed by atoms with Crippen molar-refractivity contribution in [1.82, 2.24) is 16.0 Å². The van der Waals surface area contributed by atoms with E-state index in [1.165, 1.54) is 4.90 Å². The fourth-order valence-corrected chi connectivity index (χ4v) is 3.29. The molecule has 7 heteroatoms. The summed E-state index contributed by atoms with van der Waals surface area (Å²) in [7, 11) is 3.46. The van der Waals surface area contributed by atoms with Gasteiger partial charge in [-0.05, 0) is 42.5 Å². The van der Waals surface area contributed by atoms with Gasteiger partial charge in [-0.3, -0.25) is 14.4 Å². The number of carbonyl (C=O) groups is 3. The molecule has 0 aromatic heterocycles. The summed E-state index contributed by atoms with van der Waals surface area (Å²) < 4.78 is 0. The third-order valence-electron chi connectivity index (χ3n) is 5.04. The van der Waals surface area contributed by atoms with Crippen LogP contribution >= 0.6 is 0 Å². The smallest absolute Gasteiger partial charge is 0.251 e. The first kappa shape index (κ1) is 25.6. The fourth-order valence-electron chi connectivity index (χ4n) is 3.29. The molecule has 0 spiro atoms. The first-order valence-corrected chi connectivity index (χ1v) is 10.5. The molecule has 0 unspecified atom stereocenters. The molecule has 0 atom stereocenters. The van der Waals surface area contributed by atoms with Gasteiger partial charge in [0.25, 0.3) is 11.8 Å². The van der Waals surface area contributed by atoms with E-state index in [-0.39, 0.29) is 22.6 Å². The molecule has 0 heterocycles. The van der Waals surface area contributed by atoms with Crippen LogP contribution in [0.25, 0.3) is 0 Å². The number of hydrogen-bond acceptors (Lipinski definition) is 4. The van der Waals surface area contributed by atoms with Crippen LogP contribution in [0.2, 0.25) is 0 Å². The van der Waals surface area contributed by atoms with Crippen LogP contribution in [0.4, 0.5) is 5.69 Å². The second-order valence-corrected chi connectivity index (χ2v) is 9.46. The Morgan fingerprint density at radius 1 is 0.933 bits per heavy atom. The molecule has 1 rings (SSSR count). The van der Waals surface area contributed by atoms with Crippen molar-refractivity contribution < 1.29 is 14.4 Å². The summed E-state index contributed by atoms with van der Waals surface area (Å²) in [5.41, 5.74) is 1.06. The highest BCUT2D eigenvalue weighted by atomic mass is 16.2. The van der Waals surface area contributed by atoms with Gasteiger partial charge in [-0.1, -0.05) is 41.0 Å². The van der Waals surface area contributed by atoms with Gasteiger partial charge in [0.2, 0.25) is 6.41 Å². The van der Waals surface area contributed by atoms with Crippen molar-refractivity contribution in [3.05, 3.63) is 29.3 Å². The van der Waals surface area contributed by atoms with Crippen LogP contribution in [0.5, 0.6) is 0 Å². The lowest BCUT2D eigenvalue weighted by atomic mass is 9.88. The molecule has 0 radical (unpaired) electrons. The van der Waals surface area contributed by atoms with Gasteiger partial charge in [0.05, 0.1) is 0 Å². The highest BCUT2D eigenvalue weighted by molar-refractivity contribution is 6.01. The van der Waals surface area contributed by atoms with E-state index >= 15 is 0 Å². The van der Waals surface area contributed by atoms with Gasteiger partial charge in [0, 0.05) is 43.5 Å². The van der Waals surface area contributed by atoms with E-state index in [1.807, 2.05) is 7.05 Å². The zero-order valence-corrected chi connectivity index (χ0v) is 19.5. The van der Waals surface area contributed by atoms with Crippen LogP contribution in [0.1, 0.15) is 68.2 Å². The average molecular weight is 419 g/mol. The summed E-state index contributed by atoms with van der Waals surface area (Å²) in [5, 5.41) is 9.00. The number of nitrogens with one attached hydrogen (secondary N) is 3. The van der Waals surface area contributed by atoms with E-state index in [4.69, 9.17) is 0 Å². The molecule has 0 fully saturated rings. The van der Waals surface area contributed by atoms with E-state index in [0.717, 1.165) is 19.4 Å². The zero-order chi connectivity index (χ0) is 22.9. The largest absolute Gasteiger partial charge is 0.352 e. The number of rotatable bonds is 12. The summed E-state index contributed by atoms with van der Waals surface area (Å²) >= 11 is 0. The molecular formula is C23H38N4O3. The Balaban J connectivity index is 3.06. The second-order valence-electron chi connectivity index (χ2n) is 9.46. The van der Waals surface area contributed by atoms with Crippen LogP contribution in [-0.2, 0) is 4.79 Å². The zero-order valence-electron chi connectivity index (χ0n) is 19.5. The van der Waals surface area contributed by atoms with Crippen molar-refractivity contribution in [2.24, 2.45) is 10.8 Å². The van der Waals surface area contributed by atoms with E-state index < -0.39 is 0 Å². The third-order valence-corrected chi connectivity index (χ3v) is 5.04. The van der Waals surface area contributed by atoms with Crippen LogP contribution in [0.3, 0.4) is 0 Å². The fraction of sp³-hybridized carbons (Fsp3) is 0.609. The Kier molecular flexibility index (Phi) is 9.49. The predicted octanol–water partition coefficient (Wildman–Crippen LogP) is 2.81. The molecular weight excluding hydrogens is 380 g/mol. The van der Waals surface area contributed by atoms with Crippen molar-refractivity contribution in [3.63, 3.8) is 0 Å². The monoisotopic (exact) mass is 418 g/mol. The molecule has 7 nitrogen and oxygen atoms in total. The van der Waals surface area contributed by atoms with Crippen molar-refractivity contribution >= 4 is 23.9 Å². The maximum absolute atomic E-state index is 12.8. The molecule has 0 aliphatic rings. The van der Waals surface area contributed by atoms with Gasteiger partial charge in [0.1, 0.15) is 0 Å². The van der Waals surface area contributed by atoms with Crippen LogP contribution in [-0.4, -0.2) is 52.0 Å². The number of amides is 3. The first-order valence-electron chi connectivity index (χ1n) is 10.5. The Morgan fingerprint density at radius 3 is 1.87 bits per heavy atom. The highest BCUT2D eigenvalue weighted by Gasteiger charge is 2.21. The minimum atomic E-state index is -0.277. The molecule has 1 aromatic rings. The summed E-state index contributed by atoms with van der Waals surface area (Å²) in [4.78, 5) is 38.1. The lowest BCUT2D eigenvalue weighted by Crippen LogP contribution is -2.39. The summed E-state index contributed by atoms with van der Waals surface area (Å²) in [6.07, 6.45) is 2.69. The standard InChI is InChI=1S/C23H38N4O3/c1-8-9-22(2,3)14-25-20(29)17-10-18(12-19(11-17)27(7)16-28)21(30)26-15-23(4,5)13-24-6/h10-12,16,24H,8-9,13-15H2,1-7H3,(H,25,29)(H,26,30). The molecule has 3 amide bonds. The predicted molar refractivity (Wildman–Crippen MR) is 122 cm³/mol. The minimum absolute atomic E-state index is 0.0132. The van der Waals surface area contributed by atoms with E-state index in [0.29, 0.717) is 36.3 Å². The Bertz CT molecular complexity index is 692. The molecule has 3 N–H and O–H groups in total. The van der Waals surface area contributed by atoms with Gasteiger partial charge in [-0.2, -0.15) is 0 Å². The van der Waals surface area contributed by atoms with Crippen LogP contribution in [0.15, 0.2) is 18.2 Å². The lowest BCUT2D eigenvalue weighted by molar-refractivity contribution is -0.107. The van der Waals surface area contributed by atoms with Crippen molar-refractivity contribution in [3.8, 4) is 0 Å². The van der Waals surface area contributed by atoms with E-state index in [9.17, 15) is 14.4 Å². The molecule has 168 valence electrons. The number of hydrogen-bond donors (Lipinski definition) is 3. The second kappa shape index (κ2) is 11.1. The first-order chi connectivity index (χ1) is 13.9. The number of benzene rings is 1. The average Bonchev–Trinajstić information content (AvgIpc) is 2.69. The lowest BCUT2D eigenvalue weighted by Gasteiger charge is -2.25. The molecule has 30 heavy (non-hydrogen) atoms. The Morgan fingerprint density at radius 2 is 1.43 bits per heavy atom. The van der Waals surface area contributed by atoms with Gasteiger partial charge in [0.15, 0.2) is 0 Å². The van der Waals surface area contributed by atoms with Crippen molar-refractivity contribution in [1.29, 1.82) is 0 Å². The quantitative estimate of drug-likeness (QED) is 0.455. The maximum Gasteiger partial charge on any atom is 0.251 e. The normalized spacial score (nSPS) is 11.7. The molecule has 0 aliphatic heterocycles.